The van der Waals surface area contributed by atoms with Gasteiger partial charge < -0.3 is 15.4 Å². The Morgan fingerprint density at radius 3 is 2.79 bits per heavy atom. The number of piperidine rings is 1. The zero-order chi connectivity index (χ0) is 16.8. The normalized spacial score (nSPS) is 31.0. The molecule has 0 radical (unpaired) electrons. The monoisotopic (exact) mass is 355 g/mol. The lowest BCUT2D eigenvalue weighted by atomic mass is 9.84. The van der Waals surface area contributed by atoms with Crippen molar-refractivity contribution in [2.75, 3.05) is 57.4 Å². The molecule has 3 aliphatic heterocycles. The van der Waals surface area contributed by atoms with Crippen molar-refractivity contribution in [2.45, 2.75) is 38.1 Å². The molecule has 138 valence electrons. The minimum Gasteiger partial charge on any atom is -0.379 e. The number of nitrogens with one attached hydrogen (secondary N) is 2. The molecule has 2 atom stereocenters. The van der Waals surface area contributed by atoms with Gasteiger partial charge >= 0.3 is 0 Å². The maximum atomic E-state index is 12.5. The van der Waals surface area contributed by atoms with Crippen molar-refractivity contribution in [3.63, 3.8) is 0 Å². The molecule has 3 aliphatic rings. The maximum absolute atomic E-state index is 12.5. The lowest BCUT2D eigenvalue weighted by Crippen LogP contribution is -2.59. The van der Waals surface area contributed by atoms with E-state index in [1.165, 1.54) is 25.0 Å². The van der Waals surface area contributed by atoms with E-state index in [1.807, 2.05) is 11.8 Å². The summed E-state index contributed by atoms with van der Waals surface area (Å²) < 4.78 is 5.51. The van der Waals surface area contributed by atoms with Gasteiger partial charge in [0.25, 0.3) is 0 Å². The lowest BCUT2D eigenvalue weighted by molar-refractivity contribution is -0.123. The second-order valence-corrected chi connectivity index (χ2v) is 8.78. The number of rotatable bonds is 6. The zero-order valence-corrected chi connectivity index (χ0v) is 15.8. The number of amides is 1. The van der Waals surface area contributed by atoms with Gasteiger partial charge in [-0.05, 0) is 49.9 Å². The van der Waals surface area contributed by atoms with Gasteiger partial charge in [-0.3, -0.25) is 9.69 Å². The molecular weight excluding hydrogens is 322 g/mol. The first-order valence-corrected chi connectivity index (χ1v) is 10.7. The second-order valence-electron chi connectivity index (χ2n) is 7.67. The Hall–Kier alpha value is -0.300. The lowest BCUT2D eigenvalue weighted by Gasteiger charge is -2.43. The molecule has 3 fully saturated rings. The topological polar surface area (TPSA) is 53.6 Å². The fraction of sp³-hybridized carbons (Fsp3) is 0.944. The molecule has 0 aromatic carbocycles. The molecule has 0 aromatic heterocycles. The molecule has 3 saturated heterocycles. The van der Waals surface area contributed by atoms with Gasteiger partial charge in [0, 0.05) is 37.3 Å². The zero-order valence-electron chi connectivity index (χ0n) is 15.0. The van der Waals surface area contributed by atoms with Crippen LogP contribution in [0.3, 0.4) is 0 Å². The third kappa shape index (κ3) is 4.65. The highest BCUT2D eigenvalue weighted by Crippen LogP contribution is 2.33. The number of thioether (sulfide) groups is 1. The fourth-order valence-electron chi connectivity index (χ4n) is 4.34. The Labute approximate surface area is 150 Å². The molecule has 0 aliphatic carbocycles. The van der Waals surface area contributed by atoms with Gasteiger partial charge in [-0.25, -0.2) is 0 Å². The molecule has 0 spiro atoms. The number of hydrogen-bond donors (Lipinski definition) is 2. The van der Waals surface area contributed by atoms with Crippen molar-refractivity contribution < 1.29 is 9.53 Å². The van der Waals surface area contributed by atoms with Crippen molar-refractivity contribution in [1.29, 1.82) is 0 Å². The first kappa shape index (κ1) is 18.5. The SMILES string of the molecule is CC(CC(=O)NCC1(N2CCOCC2)CCSC1)C1CCNCC1. The second kappa shape index (κ2) is 8.88. The summed E-state index contributed by atoms with van der Waals surface area (Å²) in [5.41, 5.74) is 0.155. The standard InChI is InChI=1S/C18H33N3O2S/c1-15(16-2-5-19-6-3-16)12-17(22)20-13-18(4-11-24-14-18)21-7-9-23-10-8-21/h15-16,19H,2-14H2,1H3,(H,20,22). The van der Waals surface area contributed by atoms with E-state index < -0.39 is 0 Å². The van der Waals surface area contributed by atoms with Crippen LogP contribution in [-0.4, -0.2) is 73.8 Å². The van der Waals surface area contributed by atoms with Crippen LogP contribution in [0.1, 0.15) is 32.6 Å². The average Bonchev–Trinajstić information content (AvgIpc) is 3.12. The van der Waals surface area contributed by atoms with Gasteiger partial charge in [-0.15, -0.1) is 0 Å². The predicted octanol–water partition coefficient (Wildman–Crippen LogP) is 1.34. The van der Waals surface area contributed by atoms with Gasteiger partial charge in [-0.2, -0.15) is 11.8 Å². The van der Waals surface area contributed by atoms with Crippen LogP contribution in [0.4, 0.5) is 0 Å². The molecule has 0 saturated carbocycles. The highest BCUT2D eigenvalue weighted by atomic mass is 32.2. The summed E-state index contributed by atoms with van der Waals surface area (Å²) in [6.07, 6.45) is 4.28. The van der Waals surface area contributed by atoms with Crippen molar-refractivity contribution >= 4 is 17.7 Å². The van der Waals surface area contributed by atoms with Crippen LogP contribution in [0.15, 0.2) is 0 Å². The number of carbonyl (C=O) groups excluding carboxylic acids is 1. The summed E-state index contributed by atoms with van der Waals surface area (Å²) in [4.78, 5) is 15.1. The van der Waals surface area contributed by atoms with Crippen LogP contribution in [0.2, 0.25) is 0 Å². The molecule has 24 heavy (non-hydrogen) atoms. The van der Waals surface area contributed by atoms with Crippen LogP contribution in [0.25, 0.3) is 0 Å². The summed E-state index contributed by atoms with van der Waals surface area (Å²) in [6.45, 7) is 8.92. The van der Waals surface area contributed by atoms with E-state index in [9.17, 15) is 4.79 Å². The Morgan fingerprint density at radius 1 is 1.38 bits per heavy atom. The van der Waals surface area contributed by atoms with E-state index in [1.54, 1.807) is 0 Å². The van der Waals surface area contributed by atoms with Crippen molar-refractivity contribution in [3.05, 3.63) is 0 Å². The smallest absolute Gasteiger partial charge is 0.220 e. The highest BCUT2D eigenvalue weighted by molar-refractivity contribution is 7.99. The van der Waals surface area contributed by atoms with Gasteiger partial charge in [0.1, 0.15) is 0 Å². The molecule has 0 aromatic rings. The van der Waals surface area contributed by atoms with Gasteiger partial charge in [0.05, 0.1) is 13.2 Å². The predicted molar refractivity (Wildman–Crippen MR) is 99.4 cm³/mol. The van der Waals surface area contributed by atoms with Crippen LogP contribution >= 0.6 is 11.8 Å². The molecule has 3 rings (SSSR count). The summed E-state index contributed by atoms with van der Waals surface area (Å²) in [7, 11) is 0. The maximum Gasteiger partial charge on any atom is 0.220 e. The molecular formula is C18H33N3O2S. The molecule has 5 nitrogen and oxygen atoms in total. The first-order valence-electron chi connectivity index (χ1n) is 9.58. The van der Waals surface area contributed by atoms with E-state index in [0.29, 0.717) is 18.3 Å². The molecule has 1 amide bonds. The molecule has 2 N–H and O–H groups in total. The van der Waals surface area contributed by atoms with Gasteiger partial charge in [-0.1, -0.05) is 6.92 Å². The van der Waals surface area contributed by atoms with Crippen LogP contribution < -0.4 is 10.6 Å². The molecule has 0 bridgehead atoms. The third-order valence-corrected chi connectivity index (χ3v) is 7.31. The minimum atomic E-state index is 0.155. The Bertz CT molecular complexity index is 403. The molecule has 2 unspecified atom stereocenters. The number of morpholine rings is 1. The highest BCUT2D eigenvalue weighted by Gasteiger charge is 2.40. The fourth-order valence-corrected chi connectivity index (χ4v) is 5.82. The summed E-state index contributed by atoms with van der Waals surface area (Å²) in [5.74, 6) is 3.78. The van der Waals surface area contributed by atoms with Crippen molar-refractivity contribution in [1.82, 2.24) is 15.5 Å². The van der Waals surface area contributed by atoms with E-state index in [-0.39, 0.29) is 11.4 Å². The van der Waals surface area contributed by atoms with Crippen molar-refractivity contribution in [3.8, 4) is 0 Å². The van der Waals surface area contributed by atoms with Crippen molar-refractivity contribution in [2.24, 2.45) is 11.8 Å². The molecule has 6 heteroatoms. The average molecular weight is 356 g/mol. The third-order valence-electron chi connectivity index (χ3n) is 6.07. The number of ether oxygens (including phenoxy) is 1. The van der Waals surface area contributed by atoms with E-state index in [0.717, 1.165) is 51.7 Å². The summed E-state index contributed by atoms with van der Waals surface area (Å²) >= 11 is 2.02. The van der Waals surface area contributed by atoms with Crippen LogP contribution in [-0.2, 0) is 9.53 Å². The Balaban J connectivity index is 1.48. The van der Waals surface area contributed by atoms with Gasteiger partial charge in [0.15, 0.2) is 0 Å². The number of hydrogen-bond acceptors (Lipinski definition) is 5. The largest absolute Gasteiger partial charge is 0.379 e. The number of nitrogens with zero attached hydrogens (tertiary/aromatic N) is 1. The van der Waals surface area contributed by atoms with E-state index in [2.05, 4.69) is 22.5 Å². The quantitative estimate of drug-likeness (QED) is 0.753. The van der Waals surface area contributed by atoms with E-state index >= 15 is 0 Å². The minimum absolute atomic E-state index is 0.155. The number of carbonyl (C=O) groups is 1. The summed E-state index contributed by atoms with van der Waals surface area (Å²) in [6, 6.07) is 0. The van der Waals surface area contributed by atoms with Crippen LogP contribution in [0.5, 0.6) is 0 Å². The Kier molecular flexibility index (Phi) is 6.84. The first-order chi connectivity index (χ1) is 11.7. The Morgan fingerprint density at radius 2 is 2.12 bits per heavy atom. The molecule has 3 heterocycles. The van der Waals surface area contributed by atoms with Crippen LogP contribution in [0, 0.1) is 11.8 Å². The van der Waals surface area contributed by atoms with Gasteiger partial charge in [0.2, 0.25) is 5.91 Å². The summed E-state index contributed by atoms with van der Waals surface area (Å²) in [5, 5.41) is 6.69. The van der Waals surface area contributed by atoms with E-state index in [4.69, 9.17) is 4.74 Å².